The molecule has 2 rings (SSSR count). The van der Waals surface area contributed by atoms with Gasteiger partial charge in [0, 0.05) is 10.6 Å². The molecule has 2 heteroatoms. The van der Waals surface area contributed by atoms with Crippen LogP contribution in [0.4, 0.5) is 0 Å². The van der Waals surface area contributed by atoms with Crippen LogP contribution >= 0.6 is 11.8 Å². The minimum atomic E-state index is 0.710. The molecule has 0 amide bonds. The van der Waals surface area contributed by atoms with E-state index in [9.17, 15) is 0 Å². The van der Waals surface area contributed by atoms with E-state index in [-0.39, 0.29) is 0 Å². The summed E-state index contributed by atoms with van der Waals surface area (Å²) < 4.78 is 0. The fraction of sp³-hybridized carbons (Fsp3) is 0.294. The third-order valence-corrected chi connectivity index (χ3v) is 4.29. The Labute approximate surface area is 120 Å². The van der Waals surface area contributed by atoms with Crippen LogP contribution in [0.3, 0.4) is 0 Å². The van der Waals surface area contributed by atoms with E-state index in [1.54, 1.807) is 0 Å². The molecule has 0 saturated heterocycles. The Bertz CT molecular complexity index is 549. The highest BCUT2D eigenvalue weighted by molar-refractivity contribution is 7.98. The summed E-state index contributed by atoms with van der Waals surface area (Å²) in [6.45, 7) is 4.98. The van der Waals surface area contributed by atoms with Gasteiger partial charge < -0.3 is 5.73 Å². The van der Waals surface area contributed by atoms with E-state index in [1.807, 2.05) is 11.8 Å². The van der Waals surface area contributed by atoms with Crippen molar-refractivity contribution in [2.45, 2.75) is 30.9 Å². The summed E-state index contributed by atoms with van der Waals surface area (Å²) in [5.74, 6) is 1.02. The molecule has 0 fully saturated rings. The van der Waals surface area contributed by atoms with Crippen molar-refractivity contribution in [3.8, 4) is 0 Å². The fourth-order valence-corrected chi connectivity index (χ4v) is 3.18. The third-order valence-electron chi connectivity index (χ3n) is 3.11. The van der Waals surface area contributed by atoms with Crippen LogP contribution in [0.1, 0.15) is 22.3 Å². The lowest BCUT2D eigenvalue weighted by atomic mass is 10.1. The second-order valence-electron chi connectivity index (χ2n) is 4.93. The molecule has 0 heterocycles. The van der Waals surface area contributed by atoms with Crippen molar-refractivity contribution in [2.24, 2.45) is 5.73 Å². The number of nitrogens with two attached hydrogens (primary N) is 1. The van der Waals surface area contributed by atoms with Gasteiger partial charge in [0.05, 0.1) is 0 Å². The average molecular weight is 271 g/mol. The van der Waals surface area contributed by atoms with Crippen molar-refractivity contribution in [3.05, 3.63) is 64.7 Å². The predicted octanol–water partition coefficient (Wildman–Crippen LogP) is 4.10. The SMILES string of the molecule is Cc1cccc(CSc2ccc(C)cc2CCN)c1. The van der Waals surface area contributed by atoms with E-state index in [2.05, 4.69) is 56.3 Å². The minimum Gasteiger partial charge on any atom is -0.330 e. The van der Waals surface area contributed by atoms with E-state index < -0.39 is 0 Å². The zero-order chi connectivity index (χ0) is 13.7. The van der Waals surface area contributed by atoms with Crippen molar-refractivity contribution in [1.82, 2.24) is 0 Å². The summed E-state index contributed by atoms with van der Waals surface area (Å²) in [5, 5.41) is 0. The van der Waals surface area contributed by atoms with Gasteiger partial charge in [-0.1, -0.05) is 47.5 Å². The summed E-state index contributed by atoms with van der Waals surface area (Å²) in [4.78, 5) is 1.36. The number of thioether (sulfide) groups is 1. The number of hydrogen-bond acceptors (Lipinski definition) is 2. The molecule has 0 bridgehead atoms. The van der Waals surface area contributed by atoms with Crippen LogP contribution in [-0.4, -0.2) is 6.54 Å². The highest BCUT2D eigenvalue weighted by Gasteiger charge is 2.04. The second kappa shape index (κ2) is 6.78. The van der Waals surface area contributed by atoms with Crippen LogP contribution in [0.25, 0.3) is 0 Å². The van der Waals surface area contributed by atoms with Crippen LogP contribution in [0, 0.1) is 13.8 Å². The number of hydrogen-bond donors (Lipinski definition) is 1. The lowest BCUT2D eigenvalue weighted by Gasteiger charge is -2.10. The van der Waals surface area contributed by atoms with Gasteiger partial charge in [-0.3, -0.25) is 0 Å². The normalized spacial score (nSPS) is 10.7. The Kier molecular flexibility index (Phi) is 5.06. The fourth-order valence-electron chi connectivity index (χ4n) is 2.16. The summed E-state index contributed by atoms with van der Waals surface area (Å²) >= 11 is 1.90. The Morgan fingerprint density at radius 3 is 2.53 bits per heavy atom. The van der Waals surface area contributed by atoms with Crippen molar-refractivity contribution >= 4 is 11.8 Å². The molecule has 2 N–H and O–H groups in total. The summed E-state index contributed by atoms with van der Waals surface area (Å²) in [6, 6.07) is 15.4. The van der Waals surface area contributed by atoms with Gasteiger partial charge in [-0.25, -0.2) is 0 Å². The van der Waals surface area contributed by atoms with E-state index in [4.69, 9.17) is 5.73 Å². The summed E-state index contributed by atoms with van der Waals surface area (Å²) in [7, 11) is 0. The number of rotatable bonds is 5. The highest BCUT2D eigenvalue weighted by Crippen LogP contribution is 2.27. The molecule has 0 aromatic heterocycles. The van der Waals surface area contributed by atoms with E-state index in [1.165, 1.54) is 27.1 Å². The maximum Gasteiger partial charge on any atom is 0.0232 e. The highest BCUT2D eigenvalue weighted by atomic mass is 32.2. The first-order valence-corrected chi connectivity index (χ1v) is 7.65. The van der Waals surface area contributed by atoms with E-state index in [0.29, 0.717) is 6.54 Å². The molecular formula is C17H21NS. The summed E-state index contributed by atoms with van der Waals surface area (Å²) in [6.07, 6.45) is 0.956. The van der Waals surface area contributed by atoms with Crippen molar-refractivity contribution in [1.29, 1.82) is 0 Å². The van der Waals surface area contributed by atoms with Crippen molar-refractivity contribution in [3.63, 3.8) is 0 Å². The van der Waals surface area contributed by atoms with Crippen LogP contribution in [-0.2, 0) is 12.2 Å². The van der Waals surface area contributed by atoms with Crippen LogP contribution in [0.15, 0.2) is 47.4 Å². The number of aryl methyl sites for hydroxylation is 2. The molecule has 0 unspecified atom stereocenters. The summed E-state index contributed by atoms with van der Waals surface area (Å²) in [5.41, 5.74) is 11.1. The molecule has 1 nitrogen and oxygen atoms in total. The van der Waals surface area contributed by atoms with Crippen LogP contribution in [0.5, 0.6) is 0 Å². The Balaban J connectivity index is 2.10. The smallest absolute Gasteiger partial charge is 0.0232 e. The maximum atomic E-state index is 5.70. The first kappa shape index (κ1) is 14.2. The number of benzene rings is 2. The van der Waals surface area contributed by atoms with Gasteiger partial charge in [-0.2, -0.15) is 0 Å². The van der Waals surface area contributed by atoms with Gasteiger partial charge in [0.15, 0.2) is 0 Å². The molecule has 0 atom stereocenters. The first-order valence-electron chi connectivity index (χ1n) is 6.67. The molecule has 100 valence electrons. The molecular weight excluding hydrogens is 250 g/mol. The minimum absolute atomic E-state index is 0.710. The van der Waals surface area contributed by atoms with E-state index >= 15 is 0 Å². The molecule has 0 aliphatic rings. The second-order valence-corrected chi connectivity index (χ2v) is 5.94. The molecule has 0 aliphatic heterocycles. The van der Waals surface area contributed by atoms with E-state index in [0.717, 1.165) is 12.2 Å². The Morgan fingerprint density at radius 2 is 1.79 bits per heavy atom. The molecule has 2 aromatic rings. The lowest BCUT2D eigenvalue weighted by molar-refractivity contribution is 0.941. The van der Waals surface area contributed by atoms with Crippen molar-refractivity contribution < 1.29 is 0 Å². The van der Waals surface area contributed by atoms with Gasteiger partial charge in [-0.05, 0) is 44.0 Å². The zero-order valence-electron chi connectivity index (χ0n) is 11.6. The van der Waals surface area contributed by atoms with Crippen LogP contribution in [0.2, 0.25) is 0 Å². The average Bonchev–Trinajstić information content (AvgIpc) is 2.38. The van der Waals surface area contributed by atoms with Gasteiger partial charge in [0.2, 0.25) is 0 Å². The van der Waals surface area contributed by atoms with Crippen LogP contribution < -0.4 is 5.73 Å². The predicted molar refractivity (Wildman–Crippen MR) is 84.7 cm³/mol. The molecule has 0 radical (unpaired) electrons. The molecule has 19 heavy (non-hydrogen) atoms. The maximum absolute atomic E-state index is 5.70. The quantitative estimate of drug-likeness (QED) is 0.829. The van der Waals surface area contributed by atoms with Gasteiger partial charge in [-0.15, -0.1) is 11.8 Å². The first-order chi connectivity index (χ1) is 9.19. The molecule has 0 spiro atoms. The van der Waals surface area contributed by atoms with Gasteiger partial charge >= 0.3 is 0 Å². The van der Waals surface area contributed by atoms with Crippen molar-refractivity contribution in [2.75, 3.05) is 6.54 Å². The lowest BCUT2D eigenvalue weighted by Crippen LogP contribution is -2.04. The molecule has 0 saturated carbocycles. The monoisotopic (exact) mass is 271 g/mol. The standard InChI is InChI=1S/C17H21NS/c1-13-4-3-5-15(10-13)12-19-17-7-6-14(2)11-16(17)8-9-18/h3-7,10-11H,8-9,12,18H2,1-2H3. The Hall–Kier alpha value is -1.25. The zero-order valence-corrected chi connectivity index (χ0v) is 12.5. The largest absolute Gasteiger partial charge is 0.330 e. The molecule has 0 aliphatic carbocycles. The van der Waals surface area contributed by atoms with Gasteiger partial charge in [0.25, 0.3) is 0 Å². The topological polar surface area (TPSA) is 26.0 Å². The Morgan fingerprint density at radius 1 is 1.00 bits per heavy atom. The molecule has 2 aromatic carbocycles. The third kappa shape index (κ3) is 4.12. The van der Waals surface area contributed by atoms with Gasteiger partial charge in [0.1, 0.15) is 0 Å².